The van der Waals surface area contributed by atoms with E-state index >= 15 is 0 Å². The molecule has 0 unspecified atom stereocenters. The maximum Gasteiger partial charge on any atom is 0.178 e. The standard InChI is InChI=1S/C20H19N5O/c1-14-7-9-17(10-8-14)26-18-6-4-3-5-16(18)13-21-19-11-12-20-23-22-15(2)25(20)24-19/h3-12H,13H2,1-2H3,(H,21,24). The first-order valence-electron chi connectivity index (χ1n) is 8.44. The Kier molecular flexibility index (Phi) is 4.23. The zero-order valence-corrected chi connectivity index (χ0v) is 14.7. The van der Waals surface area contributed by atoms with Crippen molar-refractivity contribution >= 4 is 11.5 Å². The minimum absolute atomic E-state index is 0.599. The maximum absolute atomic E-state index is 6.04. The average molecular weight is 345 g/mol. The van der Waals surface area contributed by atoms with Gasteiger partial charge >= 0.3 is 0 Å². The van der Waals surface area contributed by atoms with Gasteiger partial charge in [0.15, 0.2) is 11.5 Å². The van der Waals surface area contributed by atoms with Gasteiger partial charge in [0.25, 0.3) is 0 Å². The second-order valence-electron chi connectivity index (χ2n) is 6.11. The van der Waals surface area contributed by atoms with Gasteiger partial charge in [0, 0.05) is 12.1 Å². The van der Waals surface area contributed by atoms with E-state index in [-0.39, 0.29) is 0 Å². The second kappa shape index (κ2) is 6.84. The fraction of sp³-hybridized carbons (Fsp3) is 0.150. The molecule has 130 valence electrons. The molecule has 2 aromatic heterocycles. The molecule has 4 rings (SSSR count). The molecule has 4 aromatic rings. The highest BCUT2D eigenvalue weighted by atomic mass is 16.5. The van der Waals surface area contributed by atoms with E-state index in [1.165, 1.54) is 5.56 Å². The number of anilines is 1. The van der Waals surface area contributed by atoms with Gasteiger partial charge in [-0.05, 0) is 44.2 Å². The van der Waals surface area contributed by atoms with Crippen LogP contribution in [-0.2, 0) is 6.54 Å². The summed E-state index contributed by atoms with van der Waals surface area (Å²) in [7, 11) is 0. The lowest BCUT2D eigenvalue weighted by Crippen LogP contribution is -2.05. The van der Waals surface area contributed by atoms with Crippen molar-refractivity contribution in [3.63, 3.8) is 0 Å². The zero-order chi connectivity index (χ0) is 17.9. The first-order valence-corrected chi connectivity index (χ1v) is 8.44. The van der Waals surface area contributed by atoms with Crippen LogP contribution in [0.15, 0.2) is 60.7 Å². The van der Waals surface area contributed by atoms with Crippen molar-refractivity contribution in [2.45, 2.75) is 20.4 Å². The summed E-state index contributed by atoms with van der Waals surface area (Å²) in [5.41, 5.74) is 2.99. The van der Waals surface area contributed by atoms with Gasteiger partial charge in [-0.15, -0.1) is 15.3 Å². The summed E-state index contributed by atoms with van der Waals surface area (Å²) in [5, 5.41) is 15.9. The number of hydrogen-bond donors (Lipinski definition) is 1. The van der Waals surface area contributed by atoms with E-state index in [0.29, 0.717) is 6.54 Å². The maximum atomic E-state index is 6.04. The lowest BCUT2D eigenvalue weighted by Gasteiger charge is -2.12. The number of ether oxygens (including phenoxy) is 1. The van der Waals surface area contributed by atoms with Crippen molar-refractivity contribution in [3.05, 3.63) is 77.6 Å². The molecule has 0 radical (unpaired) electrons. The molecule has 0 aliphatic rings. The third-order valence-electron chi connectivity index (χ3n) is 4.10. The molecule has 0 saturated heterocycles. The molecule has 0 aliphatic heterocycles. The fourth-order valence-corrected chi connectivity index (χ4v) is 2.66. The van der Waals surface area contributed by atoms with E-state index in [1.807, 2.05) is 67.6 Å². The molecule has 2 heterocycles. The number of aryl methyl sites for hydroxylation is 2. The van der Waals surface area contributed by atoms with Crippen LogP contribution in [0.1, 0.15) is 17.0 Å². The third kappa shape index (κ3) is 3.35. The lowest BCUT2D eigenvalue weighted by molar-refractivity contribution is 0.477. The van der Waals surface area contributed by atoms with E-state index in [4.69, 9.17) is 4.74 Å². The highest BCUT2D eigenvalue weighted by Crippen LogP contribution is 2.26. The van der Waals surface area contributed by atoms with Gasteiger partial charge in [-0.1, -0.05) is 35.9 Å². The molecule has 0 amide bonds. The van der Waals surface area contributed by atoms with Gasteiger partial charge in [-0.3, -0.25) is 0 Å². The number of benzene rings is 2. The molecule has 0 saturated carbocycles. The molecule has 0 aliphatic carbocycles. The molecular weight excluding hydrogens is 326 g/mol. The average Bonchev–Trinajstić information content (AvgIpc) is 3.03. The highest BCUT2D eigenvalue weighted by Gasteiger charge is 2.07. The topological polar surface area (TPSA) is 64.3 Å². The molecule has 26 heavy (non-hydrogen) atoms. The predicted octanol–water partition coefficient (Wildman–Crippen LogP) is 4.15. The number of rotatable bonds is 5. The van der Waals surface area contributed by atoms with Gasteiger partial charge < -0.3 is 10.1 Å². The normalized spacial score (nSPS) is 10.8. The van der Waals surface area contributed by atoms with Crippen LogP contribution in [0.5, 0.6) is 11.5 Å². The Morgan fingerprint density at radius 1 is 0.923 bits per heavy atom. The number of aromatic nitrogens is 4. The first kappa shape index (κ1) is 16.1. The van der Waals surface area contributed by atoms with Crippen molar-refractivity contribution in [2.75, 3.05) is 5.32 Å². The summed E-state index contributed by atoms with van der Waals surface area (Å²) < 4.78 is 7.76. The Hall–Kier alpha value is -3.41. The van der Waals surface area contributed by atoms with Crippen molar-refractivity contribution in [3.8, 4) is 11.5 Å². The van der Waals surface area contributed by atoms with Crippen molar-refractivity contribution in [1.82, 2.24) is 19.8 Å². The number of hydrogen-bond acceptors (Lipinski definition) is 5. The van der Waals surface area contributed by atoms with E-state index in [1.54, 1.807) is 4.52 Å². The molecule has 0 atom stereocenters. The van der Waals surface area contributed by atoms with Crippen molar-refractivity contribution < 1.29 is 4.74 Å². The number of nitrogens with one attached hydrogen (secondary N) is 1. The van der Waals surface area contributed by atoms with Gasteiger partial charge in [-0.2, -0.15) is 4.52 Å². The van der Waals surface area contributed by atoms with Crippen LogP contribution in [-0.4, -0.2) is 19.8 Å². The molecule has 0 bridgehead atoms. The lowest BCUT2D eigenvalue weighted by atomic mass is 10.2. The smallest absolute Gasteiger partial charge is 0.178 e. The van der Waals surface area contributed by atoms with Gasteiger partial charge in [0.1, 0.15) is 17.3 Å². The number of nitrogens with zero attached hydrogens (tertiary/aromatic N) is 4. The SMILES string of the molecule is Cc1ccc(Oc2ccccc2CNc2ccc3nnc(C)n3n2)cc1. The van der Waals surface area contributed by atoms with Gasteiger partial charge in [0.2, 0.25) is 0 Å². The monoisotopic (exact) mass is 345 g/mol. The van der Waals surface area contributed by atoms with E-state index < -0.39 is 0 Å². The van der Waals surface area contributed by atoms with Crippen LogP contribution in [0.4, 0.5) is 5.82 Å². The molecule has 0 spiro atoms. The summed E-state index contributed by atoms with van der Waals surface area (Å²) in [6.07, 6.45) is 0. The van der Waals surface area contributed by atoms with Crippen LogP contribution in [0.3, 0.4) is 0 Å². The Morgan fingerprint density at radius 2 is 1.73 bits per heavy atom. The Labute approximate surface area is 151 Å². The second-order valence-corrected chi connectivity index (χ2v) is 6.11. The minimum Gasteiger partial charge on any atom is -0.457 e. The molecule has 2 aromatic carbocycles. The molecule has 0 fully saturated rings. The van der Waals surface area contributed by atoms with Crippen LogP contribution in [0.2, 0.25) is 0 Å². The van der Waals surface area contributed by atoms with Crippen molar-refractivity contribution in [1.29, 1.82) is 0 Å². The summed E-state index contributed by atoms with van der Waals surface area (Å²) in [6, 6.07) is 19.8. The predicted molar refractivity (Wildman–Crippen MR) is 101 cm³/mol. The molecule has 6 nitrogen and oxygen atoms in total. The number of para-hydroxylation sites is 1. The first-order chi connectivity index (χ1) is 12.7. The van der Waals surface area contributed by atoms with Crippen LogP contribution >= 0.6 is 0 Å². The van der Waals surface area contributed by atoms with Gasteiger partial charge in [0.05, 0.1) is 0 Å². The minimum atomic E-state index is 0.599. The Morgan fingerprint density at radius 3 is 2.58 bits per heavy atom. The molecule has 1 N–H and O–H groups in total. The van der Waals surface area contributed by atoms with E-state index in [9.17, 15) is 0 Å². The third-order valence-corrected chi connectivity index (χ3v) is 4.10. The Bertz CT molecular complexity index is 1040. The van der Waals surface area contributed by atoms with E-state index in [2.05, 4.69) is 27.5 Å². The summed E-state index contributed by atoms with van der Waals surface area (Å²) in [4.78, 5) is 0. The quantitative estimate of drug-likeness (QED) is 0.589. The van der Waals surface area contributed by atoms with Crippen LogP contribution < -0.4 is 10.1 Å². The van der Waals surface area contributed by atoms with Crippen molar-refractivity contribution in [2.24, 2.45) is 0 Å². The van der Waals surface area contributed by atoms with Gasteiger partial charge in [-0.25, -0.2) is 0 Å². The highest BCUT2D eigenvalue weighted by molar-refractivity contribution is 5.46. The summed E-state index contributed by atoms with van der Waals surface area (Å²) in [5.74, 6) is 3.16. The zero-order valence-electron chi connectivity index (χ0n) is 14.7. The van der Waals surface area contributed by atoms with Crippen LogP contribution in [0.25, 0.3) is 5.65 Å². The summed E-state index contributed by atoms with van der Waals surface area (Å²) in [6.45, 7) is 4.53. The number of fused-ring (bicyclic) bond motifs is 1. The summed E-state index contributed by atoms with van der Waals surface area (Å²) >= 11 is 0. The van der Waals surface area contributed by atoms with E-state index in [0.717, 1.165) is 34.4 Å². The molecule has 6 heteroatoms. The fourth-order valence-electron chi connectivity index (χ4n) is 2.66. The van der Waals surface area contributed by atoms with Crippen LogP contribution in [0, 0.1) is 13.8 Å². The largest absolute Gasteiger partial charge is 0.457 e. The Balaban J connectivity index is 1.52. The molecular formula is C20H19N5O.